The van der Waals surface area contributed by atoms with Crippen molar-refractivity contribution in [3.63, 3.8) is 0 Å². The molecule has 0 saturated heterocycles. The molecule has 2 amide bonds. The van der Waals surface area contributed by atoms with Crippen LogP contribution in [-0.2, 0) is 11.3 Å². The zero-order chi connectivity index (χ0) is 17.8. The molecule has 25 heavy (non-hydrogen) atoms. The monoisotopic (exact) mass is 361 g/mol. The van der Waals surface area contributed by atoms with E-state index in [-0.39, 0.29) is 24.3 Å². The van der Waals surface area contributed by atoms with Gasteiger partial charge >= 0.3 is 12.0 Å². The number of carbonyl (C=O) groups is 2. The summed E-state index contributed by atoms with van der Waals surface area (Å²) in [5.41, 5.74) is 0.831. The lowest BCUT2D eigenvalue weighted by molar-refractivity contribution is 0.0594. The molecule has 7 nitrogen and oxygen atoms in total. The van der Waals surface area contributed by atoms with Crippen LogP contribution in [0.1, 0.15) is 29.2 Å². The van der Waals surface area contributed by atoms with Gasteiger partial charge in [-0.15, -0.1) is 11.8 Å². The zero-order valence-electron chi connectivity index (χ0n) is 14.0. The third-order valence-electron chi connectivity index (χ3n) is 3.84. The van der Waals surface area contributed by atoms with Crippen LogP contribution in [0.5, 0.6) is 0 Å². The lowest BCUT2D eigenvalue weighted by Gasteiger charge is -2.21. The van der Waals surface area contributed by atoms with E-state index in [9.17, 15) is 9.59 Å². The lowest BCUT2D eigenvalue weighted by Crippen LogP contribution is -2.36. The number of benzene rings is 1. The molecule has 1 aromatic carbocycles. The standard InChI is InChI=1S/C17H19N3O4S/c1-23-16(21)14-10-24-15(19-14)9-20(12-5-6-12)17(22)18-11-3-7-13(25-2)8-4-11/h3-4,7-8,10,12H,5-6,9H2,1-2H3,(H,18,22). The number of hydrogen-bond donors (Lipinski definition) is 1. The van der Waals surface area contributed by atoms with E-state index in [1.165, 1.54) is 13.4 Å². The number of amides is 2. The number of carbonyl (C=O) groups excluding carboxylic acids is 2. The average Bonchev–Trinajstić information content (AvgIpc) is 3.37. The predicted molar refractivity (Wildman–Crippen MR) is 93.6 cm³/mol. The number of ether oxygens (including phenoxy) is 1. The van der Waals surface area contributed by atoms with Crippen molar-refractivity contribution in [2.75, 3.05) is 18.7 Å². The minimum Gasteiger partial charge on any atom is -0.464 e. The van der Waals surface area contributed by atoms with E-state index in [1.807, 2.05) is 30.5 Å². The molecule has 0 spiro atoms. The van der Waals surface area contributed by atoms with Crippen molar-refractivity contribution in [3.05, 3.63) is 42.1 Å². The Kier molecular flexibility index (Phi) is 5.28. The third-order valence-corrected chi connectivity index (χ3v) is 4.59. The van der Waals surface area contributed by atoms with Gasteiger partial charge in [-0.25, -0.2) is 14.6 Å². The largest absolute Gasteiger partial charge is 0.464 e. The first-order valence-electron chi connectivity index (χ1n) is 7.85. The maximum absolute atomic E-state index is 12.6. The summed E-state index contributed by atoms with van der Waals surface area (Å²) in [4.78, 5) is 30.9. The molecule has 1 N–H and O–H groups in total. The summed E-state index contributed by atoms with van der Waals surface area (Å²) in [5, 5.41) is 2.89. The maximum Gasteiger partial charge on any atom is 0.360 e. The Morgan fingerprint density at radius 2 is 2.08 bits per heavy atom. The Morgan fingerprint density at radius 3 is 2.68 bits per heavy atom. The van der Waals surface area contributed by atoms with Crippen LogP contribution in [0.2, 0.25) is 0 Å². The summed E-state index contributed by atoms with van der Waals surface area (Å²) < 4.78 is 9.89. The molecule has 8 heteroatoms. The minimum absolute atomic E-state index is 0.0984. The summed E-state index contributed by atoms with van der Waals surface area (Å²) in [7, 11) is 1.28. The molecule has 1 saturated carbocycles. The molecular formula is C17H19N3O4S. The van der Waals surface area contributed by atoms with Gasteiger partial charge < -0.3 is 19.4 Å². The minimum atomic E-state index is -0.564. The van der Waals surface area contributed by atoms with Gasteiger partial charge in [0.25, 0.3) is 0 Å². The van der Waals surface area contributed by atoms with Crippen LogP contribution >= 0.6 is 11.8 Å². The van der Waals surface area contributed by atoms with E-state index >= 15 is 0 Å². The number of aromatic nitrogens is 1. The van der Waals surface area contributed by atoms with Crippen molar-refractivity contribution in [2.24, 2.45) is 0 Å². The summed E-state index contributed by atoms with van der Waals surface area (Å²) >= 11 is 1.64. The molecule has 2 aromatic rings. The fourth-order valence-electron chi connectivity index (χ4n) is 2.35. The van der Waals surface area contributed by atoms with Gasteiger partial charge in [-0.1, -0.05) is 0 Å². The summed E-state index contributed by atoms with van der Waals surface area (Å²) in [6.45, 7) is 0.205. The highest BCUT2D eigenvalue weighted by Gasteiger charge is 2.34. The van der Waals surface area contributed by atoms with E-state index in [1.54, 1.807) is 16.7 Å². The second-order valence-corrected chi connectivity index (χ2v) is 6.52. The molecule has 0 bridgehead atoms. The first kappa shape index (κ1) is 17.3. The molecule has 1 aliphatic carbocycles. The normalized spacial score (nSPS) is 13.4. The Hall–Kier alpha value is -2.48. The van der Waals surface area contributed by atoms with E-state index < -0.39 is 5.97 Å². The van der Waals surface area contributed by atoms with Gasteiger partial charge in [0, 0.05) is 16.6 Å². The molecule has 1 fully saturated rings. The van der Waals surface area contributed by atoms with Gasteiger partial charge in [-0.3, -0.25) is 0 Å². The first-order valence-corrected chi connectivity index (χ1v) is 9.07. The van der Waals surface area contributed by atoms with Gasteiger partial charge in [-0.2, -0.15) is 0 Å². The Bertz CT molecular complexity index is 756. The number of oxazole rings is 1. The van der Waals surface area contributed by atoms with Crippen LogP contribution in [0.25, 0.3) is 0 Å². The van der Waals surface area contributed by atoms with Crippen LogP contribution in [0, 0.1) is 0 Å². The third kappa shape index (κ3) is 4.33. The molecular weight excluding hydrogens is 342 g/mol. The van der Waals surface area contributed by atoms with Crippen LogP contribution in [0.15, 0.2) is 39.8 Å². The molecule has 0 unspecified atom stereocenters. The Morgan fingerprint density at radius 1 is 1.36 bits per heavy atom. The zero-order valence-corrected chi connectivity index (χ0v) is 14.8. The smallest absolute Gasteiger partial charge is 0.360 e. The second kappa shape index (κ2) is 7.60. The quantitative estimate of drug-likeness (QED) is 0.627. The van der Waals surface area contributed by atoms with Crippen LogP contribution in [0.3, 0.4) is 0 Å². The number of anilines is 1. The van der Waals surface area contributed by atoms with Crippen LogP contribution in [0.4, 0.5) is 10.5 Å². The Labute approximate surface area is 149 Å². The summed E-state index contributed by atoms with van der Waals surface area (Å²) in [6, 6.07) is 7.61. The highest BCUT2D eigenvalue weighted by Crippen LogP contribution is 2.29. The molecule has 0 aliphatic heterocycles. The fourth-order valence-corrected chi connectivity index (χ4v) is 2.76. The SMILES string of the molecule is COC(=O)c1coc(CN(C(=O)Nc2ccc(SC)cc2)C2CC2)n1. The molecule has 1 heterocycles. The fraction of sp³-hybridized carbons (Fsp3) is 0.353. The van der Waals surface area contributed by atoms with Crippen molar-refractivity contribution < 1.29 is 18.7 Å². The first-order chi connectivity index (χ1) is 12.1. The van der Waals surface area contributed by atoms with Gasteiger partial charge in [-0.05, 0) is 43.4 Å². The number of nitrogens with one attached hydrogen (secondary N) is 1. The molecule has 0 radical (unpaired) electrons. The van der Waals surface area contributed by atoms with Crippen molar-refractivity contribution in [2.45, 2.75) is 30.3 Å². The maximum atomic E-state index is 12.6. The topological polar surface area (TPSA) is 84.7 Å². The molecule has 3 rings (SSSR count). The van der Waals surface area contributed by atoms with E-state index in [0.29, 0.717) is 5.89 Å². The number of esters is 1. The van der Waals surface area contributed by atoms with Crippen molar-refractivity contribution in [1.29, 1.82) is 0 Å². The number of rotatable bonds is 6. The molecule has 132 valence electrons. The van der Waals surface area contributed by atoms with Crippen molar-refractivity contribution >= 4 is 29.4 Å². The van der Waals surface area contributed by atoms with Gasteiger partial charge in [0.1, 0.15) is 6.26 Å². The number of methoxy groups -OCH3 is 1. The average molecular weight is 361 g/mol. The molecule has 1 aliphatic rings. The number of thioether (sulfide) groups is 1. The van der Waals surface area contributed by atoms with Crippen LogP contribution in [-0.4, -0.2) is 41.3 Å². The lowest BCUT2D eigenvalue weighted by atomic mass is 10.3. The number of urea groups is 1. The molecule has 0 atom stereocenters. The summed E-state index contributed by atoms with van der Waals surface area (Å²) in [5.74, 6) is -0.258. The second-order valence-electron chi connectivity index (χ2n) is 5.64. The van der Waals surface area contributed by atoms with Gasteiger partial charge in [0.05, 0.1) is 13.7 Å². The predicted octanol–water partition coefficient (Wildman–Crippen LogP) is 3.38. The number of hydrogen-bond acceptors (Lipinski definition) is 6. The van der Waals surface area contributed by atoms with E-state index in [4.69, 9.17) is 4.42 Å². The van der Waals surface area contributed by atoms with Crippen molar-refractivity contribution in [1.82, 2.24) is 9.88 Å². The van der Waals surface area contributed by atoms with Crippen molar-refractivity contribution in [3.8, 4) is 0 Å². The molecule has 1 aromatic heterocycles. The number of nitrogens with zero attached hydrogens (tertiary/aromatic N) is 2. The highest BCUT2D eigenvalue weighted by atomic mass is 32.2. The van der Waals surface area contributed by atoms with Gasteiger partial charge in [0.15, 0.2) is 5.69 Å². The van der Waals surface area contributed by atoms with E-state index in [0.717, 1.165) is 23.4 Å². The Balaban J connectivity index is 1.66. The van der Waals surface area contributed by atoms with Gasteiger partial charge in [0.2, 0.25) is 5.89 Å². The van der Waals surface area contributed by atoms with E-state index in [2.05, 4.69) is 15.0 Å². The summed E-state index contributed by atoms with van der Waals surface area (Å²) in [6.07, 6.45) is 5.14. The highest BCUT2D eigenvalue weighted by molar-refractivity contribution is 7.98. The van der Waals surface area contributed by atoms with Crippen LogP contribution < -0.4 is 5.32 Å².